The molecule has 0 radical (unpaired) electrons. The van der Waals surface area contributed by atoms with E-state index in [2.05, 4.69) is 17.0 Å². The third kappa shape index (κ3) is 4.88. The van der Waals surface area contributed by atoms with Crippen LogP contribution in [0, 0.1) is 0 Å². The summed E-state index contributed by atoms with van der Waals surface area (Å²) in [6.07, 6.45) is 3.26. The fourth-order valence-corrected chi connectivity index (χ4v) is 4.90. The Kier molecular flexibility index (Phi) is 7.08. The van der Waals surface area contributed by atoms with Gasteiger partial charge in [0, 0.05) is 30.8 Å². The first-order chi connectivity index (χ1) is 18.0. The minimum absolute atomic E-state index is 0.00389. The normalized spacial score (nSPS) is 16.6. The third-order valence-corrected chi connectivity index (χ3v) is 7.07. The van der Waals surface area contributed by atoms with Crippen LogP contribution in [-0.4, -0.2) is 67.7 Å². The van der Waals surface area contributed by atoms with Crippen LogP contribution < -0.4 is 9.47 Å². The molecule has 0 aliphatic carbocycles. The molecular formula is C30H30N2O5. The molecule has 0 unspecified atom stereocenters. The van der Waals surface area contributed by atoms with Gasteiger partial charge in [0.05, 0.1) is 27.4 Å². The van der Waals surface area contributed by atoms with Gasteiger partial charge in [-0.2, -0.15) is 0 Å². The molecule has 5 rings (SSSR count). The lowest BCUT2D eigenvalue weighted by molar-refractivity contribution is -0.176. The molecule has 3 aromatic rings. The number of allylic oxidation sites excluding steroid dienone is 1. The summed E-state index contributed by atoms with van der Waals surface area (Å²) in [6.45, 7) is 3.29. The molecule has 7 nitrogen and oxygen atoms in total. The van der Waals surface area contributed by atoms with Gasteiger partial charge in [0.25, 0.3) is 5.91 Å². The Morgan fingerprint density at radius 3 is 2.24 bits per heavy atom. The lowest BCUT2D eigenvalue weighted by Crippen LogP contribution is -2.67. The maximum Gasteiger partial charge on any atom is 0.255 e. The summed E-state index contributed by atoms with van der Waals surface area (Å²) in [4.78, 5) is 30.4. The molecule has 0 atom stereocenters. The molecule has 1 amide bonds. The lowest BCUT2D eigenvalue weighted by Gasteiger charge is -2.49. The van der Waals surface area contributed by atoms with Crippen LogP contribution in [0.3, 0.4) is 0 Å². The maximum atomic E-state index is 13.5. The molecule has 2 heterocycles. The van der Waals surface area contributed by atoms with Crippen LogP contribution in [0.5, 0.6) is 11.5 Å². The molecule has 3 aromatic carbocycles. The van der Waals surface area contributed by atoms with Crippen molar-refractivity contribution >= 4 is 17.8 Å². The van der Waals surface area contributed by atoms with E-state index in [1.807, 2.05) is 47.4 Å². The number of ketones is 1. The van der Waals surface area contributed by atoms with E-state index in [9.17, 15) is 9.59 Å². The molecule has 190 valence electrons. The quantitative estimate of drug-likeness (QED) is 0.341. The lowest BCUT2D eigenvalue weighted by atomic mass is 10.0. The fourth-order valence-electron chi connectivity index (χ4n) is 4.90. The zero-order valence-electron chi connectivity index (χ0n) is 21.1. The van der Waals surface area contributed by atoms with Crippen molar-refractivity contribution < 1.29 is 23.8 Å². The highest BCUT2D eigenvalue weighted by Crippen LogP contribution is 2.36. The van der Waals surface area contributed by atoms with Crippen LogP contribution in [-0.2, 0) is 11.3 Å². The van der Waals surface area contributed by atoms with E-state index in [4.69, 9.17) is 14.2 Å². The minimum Gasteiger partial charge on any atom is -0.493 e. The highest BCUT2D eigenvalue weighted by molar-refractivity contribution is 6.07. The van der Waals surface area contributed by atoms with Crippen LogP contribution in [0.15, 0.2) is 78.9 Å². The van der Waals surface area contributed by atoms with Gasteiger partial charge in [0.2, 0.25) is 0 Å². The maximum absolute atomic E-state index is 13.5. The smallest absolute Gasteiger partial charge is 0.255 e. The molecule has 7 heteroatoms. The van der Waals surface area contributed by atoms with Crippen LogP contribution in [0.1, 0.15) is 31.8 Å². The Morgan fingerprint density at radius 2 is 1.59 bits per heavy atom. The van der Waals surface area contributed by atoms with Crippen molar-refractivity contribution in [3.8, 4) is 11.5 Å². The van der Waals surface area contributed by atoms with E-state index in [1.54, 1.807) is 31.4 Å². The fraction of sp³-hybridized carbons (Fsp3) is 0.267. The third-order valence-electron chi connectivity index (χ3n) is 7.07. The molecule has 0 saturated carbocycles. The van der Waals surface area contributed by atoms with Gasteiger partial charge in [0.15, 0.2) is 17.3 Å². The summed E-state index contributed by atoms with van der Waals surface area (Å²) in [5.74, 6) is 0.919. The number of rotatable bonds is 8. The van der Waals surface area contributed by atoms with Gasteiger partial charge < -0.3 is 19.1 Å². The van der Waals surface area contributed by atoms with Crippen molar-refractivity contribution in [2.24, 2.45) is 0 Å². The number of ether oxygens (including phenoxy) is 3. The summed E-state index contributed by atoms with van der Waals surface area (Å²) < 4.78 is 16.1. The van der Waals surface area contributed by atoms with Crippen LogP contribution >= 0.6 is 0 Å². The van der Waals surface area contributed by atoms with E-state index in [0.29, 0.717) is 42.4 Å². The number of hydrogen-bond acceptors (Lipinski definition) is 6. The minimum atomic E-state index is -0.392. The number of benzene rings is 3. The predicted molar refractivity (Wildman–Crippen MR) is 141 cm³/mol. The molecule has 37 heavy (non-hydrogen) atoms. The Bertz CT molecular complexity index is 1300. The summed E-state index contributed by atoms with van der Waals surface area (Å²) in [5.41, 5.74) is 2.79. The highest BCUT2D eigenvalue weighted by atomic mass is 16.5. The van der Waals surface area contributed by atoms with E-state index >= 15 is 0 Å². The Hall–Kier alpha value is -3.94. The standard InChI is InChI=1S/C30H30N2O5/c1-35-27-15-13-25(18-28(27)36-2)26(33)14-10-22-8-11-24(12-9-22)29(34)32-17-16-31(30(32)20-37-21-30)19-23-6-4-3-5-7-23/h3-15,18H,16-17,19-21H2,1-2H3/b14-10+. The van der Waals surface area contributed by atoms with E-state index < -0.39 is 5.66 Å². The van der Waals surface area contributed by atoms with Crippen molar-refractivity contribution in [2.75, 3.05) is 40.5 Å². The van der Waals surface area contributed by atoms with Gasteiger partial charge in [-0.15, -0.1) is 0 Å². The van der Waals surface area contributed by atoms with Gasteiger partial charge >= 0.3 is 0 Å². The van der Waals surface area contributed by atoms with Crippen LogP contribution in [0.2, 0.25) is 0 Å². The van der Waals surface area contributed by atoms with Crippen molar-refractivity contribution in [1.82, 2.24) is 9.80 Å². The van der Waals surface area contributed by atoms with Crippen molar-refractivity contribution in [2.45, 2.75) is 12.2 Å². The Labute approximate surface area is 216 Å². The largest absolute Gasteiger partial charge is 0.493 e. The summed E-state index contributed by atoms with van der Waals surface area (Å²) in [7, 11) is 3.09. The molecule has 2 aliphatic heterocycles. The number of methoxy groups -OCH3 is 2. The highest BCUT2D eigenvalue weighted by Gasteiger charge is 2.54. The first kappa shape index (κ1) is 24.7. The molecule has 2 saturated heterocycles. The zero-order valence-corrected chi connectivity index (χ0v) is 21.1. The second kappa shape index (κ2) is 10.6. The van der Waals surface area contributed by atoms with Crippen molar-refractivity contribution in [3.05, 3.63) is 101 Å². The van der Waals surface area contributed by atoms with Crippen molar-refractivity contribution in [1.29, 1.82) is 0 Å². The summed E-state index contributed by atoms with van der Waals surface area (Å²) in [5, 5.41) is 0. The first-order valence-corrected chi connectivity index (χ1v) is 12.3. The predicted octanol–water partition coefficient (Wildman–Crippen LogP) is 4.28. The first-order valence-electron chi connectivity index (χ1n) is 12.3. The SMILES string of the molecule is COc1ccc(C(=O)/C=C/c2ccc(C(=O)N3CCN(Cc4ccccc4)C34COC4)cc2)cc1OC. The van der Waals surface area contributed by atoms with Gasteiger partial charge in [-0.3, -0.25) is 14.5 Å². The molecule has 0 bridgehead atoms. The summed E-state index contributed by atoms with van der Waals surface area (Å²) in [6, 6.07) is 22.7. The van der Waals surface area contributed by atoms with Crippen molar-refractivity contribution in [3.63, 3.8) is 0 Å². The average molecular weight is 499 g/mol. The van der Waals surface area contributed by atoms with E-state index in [1.165, 1.54) is 18.7 Å². The second-order valence-corrected chi connectivity index (χ2v) is 9.23. The van der Waals surface area contributed by atoms with Crippen LogP contribution in [0.25, 0.3) is 6.08 Å². The topological polar surface area (TPSA) is 68.3 Å². The van der Waals surface area contributed by atoms with Gasteiger partial charge in [-0.05, 0) is 47.5 Å². The Morgan fingerprint density at radius 1 is 0.892 bits per heavy atom. The second-order valence-electron chi connectivity index (χ2n) is 9.23. The van der Waals surface area contributed by atoms with Gasteiger partial charge in [-0.25, -0.2) is 0 Å². The molecule has 2 fully saturated rings. The molecule has 1 spiro atoms. The van der Waals surface area contributed by atoms with Crippen LogP contribution in [0.4, 0.5) is 0 Å². The van der Waals surface area contributed by atoms with E-state index in [-0.39, 0.29) is 11.7 Å². The number of hydrogen-bond donors (Lipinski definition) is 0. The molecule has 0 N–H and O–H groups in total. The Balaban J connectivity index is 1.26. The molecule has 2 aliphatic rings. The summed E-state index contributed by atoms with van der Waals surface area (Å²) >= 11 is 0. The number of nitrogens with zero attached hydrogens (tertiary/aromatic N) is 2. The van der Waals surface area contributed by atoms with E-state index in [0.717, 1.165) is 18.7 Å². The zero-order chi connectivity index (χ0) is 25.8. The van der Waals surface area contributed by atoms with Gasteiger partial charge in [-0.1, -0.05) is 48.5 Å². The number of amides is 1. The average Bonchev–Trinajstić information content (AvgIpc) is 3.31. The van der Waals surface area contributed by atoms with Gasteiger partial charge in [0.1, 0.15) is 5.66 Å². The monoisotopic (exact) mass is 498 g/mol. The number of carbonyl (C=O) groups is 2. The molecule has 0 aromatic heterocycles. The number of carbonyl (C=O) groups excluding carboxylic acids is 2. The molecular weight excluding hydrogens is 468 g/mol.